The summed E-state index contributed by atoms with van der Waals surface area (Å²) in [6.45, 7) is 0. The van der Waals surface area contributed by atoms with E-state index in [9.17, 15) is 9.59 Å². The normalized spacial score (nSPS) is 13.3. The zero-order valence-corrected chi connectivity index (χ0v) is 18.6. The Morgan fingerprint density at radius 3 is 2.68 bits per heavy atom. The van der Waals surface area contributed by atoms with E-state index in [0.717, 1.165) is 24.2 Å². The van der Waals surface area contributed by atoms with Crippen molar-refractivity contribution in [1.82, 2.24) is 28.9 Å². The number of rotatable bonds is 5. The number of benzene rings is 1. The van der Waals surface area contributed by atoms with Crippen molar-refractivity contribution in [3.05, 3.63) is 100 Å². The third-order valence-corrected chi connectivity index (χ3v) is 6.10. The number of amides is 1. The highest BCUT2D eigenvalue weighted by molar-refractivity contribution is 6.32. The highest BCUT2D eigenvalue weighted by atomic mass is 35.5. The Hall–Kier alpha value is -4.24. The number of halogens is 1. The molecule has 4 heterocycles. The van der Waals surface area contributed by atoms with Crippen LogP contribution in [0.1, 0.15) is 34.8 Å². The fourth-order valence-electron chi connectivity index (χ4n) is 4.07. The molecule has 34 heavy (non-hydrogen) atoms. The second-order valence-corrected chi connectivity index (χ2v) is 8.48. The molecule has 1 aromatic carbocycles. The van der Waals surface area contributed by atoms with Crippen molar-refractivity contribution in [2.45, 2.75) is 18.8 Å². The fraction of sp³-hybridized carbons (Fsp3) is 0.125. The van der Waals surface area contributed by atoms with Crippen LogP contribution in [0.5, 0.6) is 0 Å². The lowest BCUT2D eigenvalue weighted by molar-refractivity contribution is 0.102. The molecule has 1 aliphatic rings. The van der Waals surface area contributed by atoms with Crippen molar-refractivity contribution < 1.29 is 4.79 Å². The molecule has 1 N–H and O–H groups in total. The average Bonchev–Trinajstić information content (AvgIpc) is 3.34. The molecule has 168 valence electrons. The first-order chi connectivity index (χ1) is 16.6. The van der Waals surface area contributed by atoms with Gasteiger partial charge in [0.1, 0.15) is 5.69 Å². The monoisotopic (exact) mass is 471 g/mol. The van der Waals surface area contributed by atoms with Crippen LogP contribution in [0.2, 0.25) is 5.02 Å². The first-order valence-electron chi connectivity index (χ1n) is 10.8. The Kier molecular flexibility index (Phi) is 4.77. The predicted molar refractivity (Wildman–Crippen MR) is 127 cm³/mol. The SMILES string of the molecule is O=C(Nc1ccc(-n2cccn2)c(Cl)c1)c1cnn(-c2cccn3c(=O)ccnc23)c1C1CC1. The molecule has 0 unspecified atom stereocenters. The summed E-state index contributed by atoms with van der Waals surface area (Å²) in [5, 5.41) is 12.1. The summed E-state index contributed by atoms with van der Waals surface area (Å²) in [5.74, 6) is -0.0638. The zero-order valence-electron chi connectivity index (χ0n) is 17.8. The van der Waals surface area contributed by atoms with Crippen LogP contribution in [0.25, 0.3) is 17.0 Å². The maximum atomic E-state index is 13.3. The first-order valence-corrected chi connectivity index (χ1v) is 11.1. The van der Waals surface area contributed by atoms with Crippen molar-refractivity contribution in [1.29, 1.82) is 0 Å². The molecule has 1 aliphatic carbocycles. The highest BCUT2D eigenvalue weighted by Crippen LogP contribution is 2.43. The predicted octanol–water partition coefficient (Wildman–Crippen LogP) is 3.85. The van der Waals surface area contributed by atoms with Gasteiger partial charge < -0.3 is 5.32 Å². The van der Waals surface area contributed by atoms with Crippen molar-refractivity contribution in [2.24, 2.45) is 0 Å². The summed E-state index contributed by atoms with van der Waals surface area (Å²) in [5.41, 5.74) is 3.52. The molecule has 0 spiro atoms. The second kappa shape index (κ2) is 7.96. The van der Waals surface area contributed by atoms with Gasteiger partial charge >= 0.3 is 0 Å². The van der Waals surface area contributed by atoms with Crippen LogP contribution < -0.4 is 10.9 Å². The van der Waals surface area contributed by atoms with E-state index in [1.807, 2.05) is 12.1 Å². The smallest absolute Gasteiger partial charge is 0.259 e. The molecular weight excluding hydrogens is 454 g/mol. The third kappa shape index (κ3) is 3.46. The molecule has 0 saturated heterocycles. The van der Waals surface area contributed by atoms with Gasteiger partial charge in [-0.3, -0.25) is 14.0 Å². The summed E-state index contributed by atoms with van der Waals surface area (Å²) < 4.78 is 4.85. The Balaban J connectivity index is 1.36. The molecule has 0 radical (unpaired) electrons. The standard InChI is InChI=1S/C24H18ClN7O2/c25-18-13-16(6-7-19(18)31-12-2-9-27-31)29-24(34)17-14-28-32(22(17)15-4-5-15)20-3-1-11-30-21(33)8-10-26-23(20)30/h1-3,6-15H,4-5H2,(H,29,34). The van der Waals surface area contributed by atoms with Crippen LogP contribution in [-0.4, -0.2) is 34.9 Å². The summed E-state index contributed by atoms with van der Waals surface area (Å²) in [6.07, 6.45) is 10.1. The van der Waals surface area contributed by atoms with Gasteiger partial charge in [0.15, 0.2) is 5.65 Å². The van der Waals surface area contributed by atoms with Crippen molar-refractivity contribution in [3.8, 4) is 11.4 Å². The van der Waals surface area contributed by atoms with Crippen LogP contribution in [0.15, 0.2) is 78.2 Å². The van der Waals surface area contributed by atoms with Gasteiger partial charge in [-0.05, 0) is 49.2 Å². The minimum atomic E-state index is -0.276. The molecule has 9 nitrogen and oxygen atoms in total. The number of aromatic nitrogens is 6. The summed E-state index contributed by atoms with van der Waals surface area (Å²) in [6, 6.07) is 12.1. The van der Waals surface area contributed by atoms with Crippen molar-refractivity contribution in [3.63, 3.8) is 0 Å². The summed E-state index contributed by atoms with van der Waals surface area (Å²) in [4.78, 5) is 29.9. The molecular formula is C24H18ClN7O2. The van der Waals surface area contributed by atoms with E-state index in [-0.39, 0.29) is 17.4 Å². The number of hydrogen-bond donors (Lipinski definition) is 1. The Morgan fingerprint density at radius 1 is 1.03 bits per heavy atom. The lowest BCUT2D eigenvalue weighted by atomic mass is 10.1. The molecule has 0 aliphatic heterocycles. The van der Waals surface area contributed by atoms with Gasteiger partial charge in [0.05, 0.1) is 28.2 Å². The summed E-state index contributed by atoms with van der Waals surface area (Å²) >= 11 is 6.43. The molecule has 6 rings (SSSR count). The van der Waals surface area contributed by atoms with Crippen molar-refractivity contribution >= 4 is 28.8 Å². The van der Waals surface area contributed by atoms with Crippen LogP contribution in [-0.2, 0) is 0 Å². The Bertz CT molecular complexity index is 1600. The van der Waals surface area contributed by atoms with Crippen LogP contribution in [0.3, 0.4) is 0 Å². The number of nitrogens with one attached hydrogen (secondary N) is 1. The van der Waals surface area contributed by atoms with E-state index >= 15 is 0 Å². The zero-order chi connectivity index (χ0) is 23.2. The van der Waals surface area contributed by atoms with Crippen LogP contribution >= 0.6 is 11.6 Å². The highest BCUT2D eigenvalue weighted by Gasteiger charge is 2.33. The number of fused-ring (bicyclic) bond motifs is 1. The number of nitrogens with zero attached hydrogens (tertiary/aromatic N) is 6. The van der Waals surface area contributed by atoms with Gasteiger partial charge in [0, 0.05) is 42.5 Å². The van der Waals surface area contributed by atoms with E-state index in [4.69, 9.17) is 11.6 Å². The minimum absolute atomic E-state index is 0.180. The number of pyridine rings is 1. The first kappa shape index (κ1) is 20.4. The maximum absolute atomic E-state index is 13.3. The maximum Gasteiger partial charge on any atom is 0.259 e. The molecule has 4 aromatic heterocycles. The van der Waals surface area contributed by atoms with Crippen LogP contribution in [0, 0.1) is 0 Å². The van der Waals surface area contributed by atoms with Gasteiger partial charge in [-0.15, -0.1) is 0 Å². The van der Waals surface area contributed by atoms with Gasteiger partial charge in [-0.25, -0.2) is 14.3 Å². The van der Waals surface area contributed by atoms with Gasteiger partial charge in [-0.1, -0.05) is 11.6 Å². The van der Waals surface area contributed by atoms with Crippen molar-refractivity contribution in [2.75, 3.05) is 5.32 Å². The van der Waals surface area contributed by atoms with E-state index in [0.29, 0.717) is 27.6 Å². The number of hydrogen-bond acceptors (Lipinski definition) is 5. The molecule has 0 atom stereocenters. The molecule has 1 saturated carbocycles. The Morgan fingerprint density at radius 2 is 1.91 bits per heavy atom. The lowest BCUT2D eigenvalue weighted by Gasteiger charge is -2.12. The molecule has 1 amide bonds. The quantitative estimate of drug-likeness (QED) is 0.419. The topological polar surface area (TPSA) is 99.1 Å². The minimum Gasteiger partial charge on any atom is -0.322 e. The molecule has 1 fully saturated rings. The van der Waals surface area contributed by atoms with E-state index in [1.165, 1.54) is 16.7 Å². The second-order valence-electron chi connectivity index (χ2n) is 8.07. The van der Waals surface area contributed by atoms with E-state index in [2.05, 4.69) is 20.5 Å². The number of anilines is 1. The van der Waals surface area contributed by atoms with E-state index < -0.39 is 0 Å². The van der Waals surface area contributed by atoms with Gasteiger partial charge in [0.2, 0.25) is 0 Å². The number of carbonyl (C=O) groups excluding carboxylic acids is 1. The third-order valence-electron chi connectivity index (χ3n) is 5.80. The van der Waals surface area contributed by atoms with E-state index in [1.54, 1.807) is 58.4 Å². The Labute approximate surface area is 198 Å². The number of carbonyl (C=O) groups is 1. The van der Waals surface area contributed by atoms with Gasteiger partial charge in [-0.2, -0.15) is 10.2 Å². The fourth-order valence-corrected chi connectivity index (χ4v) is 4.33. The average molecular weight is 472 g/mol. The molecule has 10 heteroatoms. The van der Waals surface area contributed by atoms with Gasteiger partial charge in [0.25, 0.3) is 11.5 Å². The largest absolute Gasteiger partial charge is 0.322 e. The van der Waals surface area contributed by atoms with Crippen LogP contribution in [0.4, 0.5) is 5.69 Å². The molecule has 0 bridgehead atoms. The lowest BCUT2D eigenvalue weighted by Crippen LogP contribution is -2.17. The molecule has 5 aromatic rings. The summed E-state index contributed by atoms with van der Waals surface area (Å²) in [7, 11) is 0.